The lowest BCUT2D eigenvalue weighted by Crippen LogP contribution is -2.54. The van der Waals surface area contributed by atoms with Crippen LogP contribution in [0.15, 0.2) is 4.52 Å². The molecule has 1 aromatic heterocycles. The summed E-state index contributed by atoms with van der Waals surface area (Å²) in [5.41, 5.74) is 5.83. The first-order chi connectivity index (χ1) is 8.72. The molecule has 0 spiro atoms. The molecule has 0 amide bonds. The number of hydrogen-bond donors (Lipinski definition) is 1. The Morgan fingerprint density at radius 3 is 3.00 bits per heavy atom. The molecule has 1 aliphatic rings. The summed E-state index contributed by atoms with van der Waals surface area (Å²) in [6.45, 7) is 6.60. The first-order valence-electron chi connectivity index (χ1n) is 6.67. The van der Waals surface area contributed by atoms with E-state index in [1.165, 1.54) is 0 Å². The molecule has 0 bridgehead atoms. The number of nitrogens with two attached hydrogens (primary N) is 1. The van der Waals surface area contributed by atoms with Gasteiger partial charge in [0.25, 0.3) is 0 Å². The van der Waals surface area contributed by atoms with Gasteiger partial charge >= 0.3 is 0 Å². The fraction of sp³-hybridized carbons (Fsp3) is 0.833. The number of hydrogen-bond acceptors (Lipinski definition) is 6. The zero-order chi connectivity index (χ0) is 13.0. The van der Waals surface area contributed by atoms with Gasteiger partial charge in [-0.25, -0.2) is 0 Å². The Balaban J connectivity index is 1.94. The Bertz CT molecular complexity index is 367. The lowest BCUT2D eigenvalue weighted by molar-refractivity contribution is 0.0851. The topological polar surface area (TPSA) is 71.4 Å². The predicted octanol–water partition coefficient (Wildman–Crippen LogP) is 0.0968. The molecule has 0 radical (unpaired) electrons. The van der Waals surface area contributed by atoms with E-state index < -0.39 is 0 Å². The van der Waals surface area contributed by atoms with Crippen LogP contribution in [0.3, 0.4) is 0 Å². The van der Waals surface area contributed by atoms with Crippen molar-refractivity contribution in [2.75, 3.05) is 33.2 Å². The zero-order valence-electron chi connectivity index (χ0n) is 11.3. The Kier molecular flexibility index (Phi) is 4.68. The van der Waals surface area contributed by atoms with Crippen molar-refractivity contribution in [3.63, 3.8) is 0 Å². The van der Waals surface area contributed by atoms with Crippen LogP contribution in [0.25, 0.3) is 0 Å². The van der Waals surface area contributed by atoms with Gasteiger partial charge < -0.3 is 15.2 Å². The molecule has 2 rings (SSSR count). The molecule has 2 N–H and O–H groups in total. The second kappa shape index (κ2) is 6.26. The molecule has 102 valence electrons. The Labute approximate surface area is 108 Å². The highest BCUT2D eigenvalue weighted by Crippen LogP contribution is 2.11. The maximum atomic E-state index is 5.83. The lowest BCUT2D eigenvalue weighted by Gasteiger charge is -2.38. The largest absolute Gasteiger partial charge is 0.339 e. The quantitative estimate of drug-likeness (QED) is 0.802. The summed E-state index contributed by atoms with van der Waals surface area (Å²) in [4.78, 5) is 9.07. The van der Waals surface area contributed by atoms with E-state index in [-0.39, 0.29) is 0 Å². The summed E-state index contributed by atoms with van der Waals surface area (Å²) in [6, 6.07) is 0.386. The molecule has 6 nitrogen and oxygen atoms in total. The van der Waals surface area contributed by atoms with Gasteiger partial charge in [0.1, 0.15) is 0 Å². The molecule has 1 atom stereocenters. The zero-order valence-corrected chi connectivity index (χ0v) is 11.3. The van der Waals surface area contributed by atoms with Gasteiger partial charge in [-0.3, -0.25) is 4.90 Å². The molecule has 0 saturated carbocycles. The van der Waals surface area contributed by atoms with Crippen molar-refractivity contribution in [2.24, 2.45) is 5.73 Å². The second-order valence-corrected chi connectivity index (χ2v) is 4.98. The fourth-order valence-corrected chi connectivity index (χ4v) is 2.33. The molecule has 1 aromatic rings. The molecule has 0 aliphatic carbocycles. The van der Waals surface area contributed by atoms with Crippen LogP contribution in [-0.4, -0.2) is 59.2 Å². The molecular weight excluding hydrogens is 230 g/mol. The highest BCUT2D eigenvalue weighted by molar-refractivity contribution is 4.90. The van der Waals surface area contributed by atoms with Crippen molar-refractivity contribution >= 4 is 0 Å². The van der Waals surface area contributed by atoms with Crippen LogP contribution in [0.1, 0.15) is 25.1 Å². The first-order valence-corrected chi connectivity index (χ1v) is 6.67. The monoisotopic (exact) mass is 253 g/mol. The second-order valence-electron chi connectivity index (χ2n) is 4.98. The maximum absolute atomic E-state index is 5.83. The van der Waals surface area contributed by atoms with E-state index in [0.717, 1.165) is 50.7 Å². The Morgan fingerprint density at radius 2 is 2.28 bits per heavy atom. The highest BCUT2D eigenvalue weighted by atomic mass is 16.5. The number of aromatic nitrogens is 2. The average molecular weight is 253 g/mol. The minimum atomic E-state index is 0.386. The number of aryl methyl sites for hydroxylation is 1. The fourth-order valence-electron chi connectivity index (χ4n) is 2.33. The van der Waals surface area contributed by atoms with Crippen LogP contribution in [0.5, 0.6) is 0 Å². The SMILES string of the molecule is CCCc1nc(CN2CCN(C)CC2CN)no1. The van der Waals surface area contributed by atoms with Crippen molar-refractivity contribution in [3.8, 4) is 0 Å². The molecule has 2 heterocycles. The van der Waals surface area contributed by atoms with Crippen LogP contribution in [0, 0.1) is 0 Å². The number of rotatable bonds is 5. The molecule has 6 heteroatoms. The molecule has 0 aromatic carbocycles. The van der Waals surface area contributed by atoms with Gasteiger partial charge in [-0.1, -0.05) is 12.1 Å². The van der Waals surface area contributed by atoms with E-state index in [1.807, 2.05) is 0 Å². The Hall–Kier alpha value is -0.980. The third-order valence-corrected chi connectivity index (χ3v) is 3.40. The molecule has 1 aliphatic heterocycles. The highest BCUT2D eigenvalue weighted by Gasteiger charge is 2.25. The smallest absolute Gasteiger partial charge is 0.226 e. The van der Waals surface area contributed by atoms with Gasteiger partial charge in [0, 0.05) is 38.6 Å². The van der Waals surface area contributed by atoms with Crippen molar-refractivity contribution in [3.05, 3.63) is 11.7 Å². The molecule has 1 saturated heterocycles. The predicted molar refractivity (Wildman–Crippen MR) is 69.0 cm³/mol. The number of piperazine rings is 1. The van der Waals surface area contributed by atoms with Gasteiger partial charge in [-0.15, -0.1) is 0 Å². The average Bonchev–Trinajstić information content (AvgIpc) is 2.79. The van der Waals surface area contributed by atoms with E-state index in [0.29, 0.717) is 12.6 Å². The third-order valence-electron chi connectivity index (χ3n) is 3.40. The minimum Gasteiger partial charge on any atom is -0.339 e. The summed E-state index contributed by atoms with van der Waals surface area (Å²) in [6.07, 6.45) is 1.89. The van der Waals surface area contributed by atoms with E-state index in [4.69, 9.17) is 10.3 Å². The van der Waals surface area contributed by atoms with E-state index in [1.54, 1.807) is 0 Å². The number of likely N-dealkylation sites (N-methyl/N-ethyl adjacent to an activating group) is 1. The van der Waals surface area contributed by atoms with Crippen LogP contribution < -0.4 is 5.73 Å². The number of nitrogens with zero attached hydrogens (tertiary/aromatic N) is 4. The van der Waals surface area contributed by atoms with Crippen LogP contribution in [0.4, 0.5) is 0 Å². The molecule has 1 unspecified atom stereocenters. The van der Waals surface area contributed by atoms with Crippen molar-refractivity contribution in [1.82, 2.24) is 19.9 Å². The van der Waals surface area contributed by atoms with Gasteiger partial charge in [0.2, 0.25) is 5.89 Å². The van der Waals surface area contributed by atoms with Gasteiger partial charge in [0.05, 0.1) is 6.54 Å². The lowest BCUT2D eigenvalue weighted by atomic mass is 10.1. The van der Waals surface area contributed by atoms with E-state index in [2.05, 4.69) is 33.9 Å². The van der Waals surface area contributed by atoms with Gasteiger partial charge in [-0.2, -0.15) is 4.98 Å². The van der Waals surface area contributed by atoms with Crippen molar-refractivity contribution in [2.45, 2.75) is 32.4 Å². The summed E-state index contributed by atoms with van der Waals surface area (Å²) in [7, 11) is 2.13. The van der Waals surface area contributed by atoms with Crippen molar-refractivity contribution in [1.29, 1.82) is 0 Å². The van der Waals surface area contributed by atoms with Gasteiger partial charge in [0.15, 0.2) is 5.82 Å². The van der Waals surface area contributed by atoms with E-state index in [9.17, 15) is 0 Å². The van der Waals surface area contributed by atoms with Crippen LogP contribution >= 0.6 is 0 Å². The van der Waals surface area contributed by atoms with Crippen molar-refractivity contribution < 1.29 is 4.52 Å². The summed E-state index contributed by atoms with van der Waals surface area (Å²) >= 11 is 0. The normalized spacial score (nSPS) is 22.5. The summed E-state index contributed by atoms with van der Waals surface area (Å²) < 4.78 is 5.21. The molecule has 18 heavy (non-hydrogen) atoms. The standard InChI is InChI=1S/C12H23N5O/c1-3-4-12-14-11(15-18-12)9-17-6-5-16(2)8-10(17)7-13/h10H,3-9,13H2,1-2H3. The van der Waals surface area contributed by atoms with E-state index >= 15 is 0 Å². The van der Waals surface area contributed by atoms with Crippen LogP contribution in [-0.2, 0) is 13.0 Å². The van der Waals surface area contributed by atoms with Crippen LogP contribution in [0.2, 0.25) is 0 Å². The summed E-state index contributed by atoms with van der Waals surface area (Å²) in [5.74, 6) is 1.52. The first kappa shape index (κ1) is 13.5. The molecule has 1 fully saturated rings. The molecular formula is C12H23N5O. The van der Waals surface area contributed by atoms with Gasteiger partial charge in [-0.05, 0) is 13.5 Å². The minimum absolute atomic E-state index is 0.386. The Morgan fingerprint density at radius 1 is 1.44 bits per heavy atom. The summed E-state index contributed by atoms with van der Waals surface area (Å²) in [5, 5.41) is 4.03. The third kappa shape index (κ3) is 3.28. The maximum Gasteiger partial charge on any atom is 0.226 e.